The molecule has 6 heteroatoms. The van der Waals surface area contributed by atoms with Gasteiger partial charge in [-0.15, -0.1) is 0 Å². The lowest BCUT2D eigenvalue weighted by Crippen LogP contribution is -2.39. The van der Waals surface area contributed by atoms with Gasteiger partial charge in [0.05, 0.1) is 17.2 Å². The highest BCUT2D eigenvalue weighted by Gasteiger charge is 2.18. The van der Waals surface area contributed by atoms with E-state index in [0.29, 0.717) is 11.5 Å². The molecule has 1 saturated heterocycles. The Labute approximate surface area is 190 Å². The van der Waals surface area contributed by atoms with Crippen molar-refractivity contribution in [2.75, 3.05) is 38.6 Å². The quantitative estimate of drug-likeness (QED) is 0.482. The lowest BCUT2D eigenvalue weighted by molar-refractivity contribution is 0.0309. The zero-order valence-corrected chi connectivity index (χ0v) is 19.2. The van der Waals surface area contributed by atoms with Gasteiger partial charge in [-0.3, -0.25) is 4.79 Å². The molecule has 1 aliphatic heterocycles. The van der Waals surface area contributed by atoms with Crippen LogP contribution >= 0.6 is 0 Å². The number of nitrogens with one attached hydrogen (secondary N) is 2. The molecular formula is C26H34N4O2. The van der Waals surface area contributed by atoms with E-state index in [1.165, 1.54) is 44.3 Å². The molecule has 0 spiro atoms. The molecule has 2 heterocycles. The van der Waals surface area contributed by atoms with Gasteiger partial charge >= 0.3 is 0 Å². The van der Waals surface area contributed by atoms with Crippen LogP contribution in [-0.4, -0.2) is 54.5 Å². The third-order valence-electron chi connectivity index (χ3n) is 6.47. The number of unbranched alkanes of at least 4 members (excludes halogenated alkanes) is 2. The number of fused-ring (bicyclic) bond motifs is 1. The van der Waals surface area contributed by atoms with E-state index in [1.807, 2.05) is 31.4 Å². The SMILES string of the molecule is COC1CCCN(CCCCCNc2cc(-c3n[nH]c(=O)c4ccccc34)ccc2C)C1. The number of rotatable bonds is 9. The number of hydrogen-bond acceptors (Lipinski definition) is 5. The molecule has 0 amide bonds. The molecule has 1 fully saturated rings. The van der Waals surface area contributed by atoms with Crippen molar-refractivity contribution < 1.29 is 4.74 Å². The minimum Gasteiger partial charge on any atom is -0.385 e. The highest BCUT2D eigenvalue weighted by atomic mass is 16.5. The standard InChI is InChI=1S/C26H34N4O2/c1-19-12-13-20(25-22-10-4-5-11-23(22)26(31)29-28-25)17-24(19)27-14-6-3-7-15-30-16-8-9-21(18-30)32-2/h4-5,10-13,17,21,27H,3,6-9,14-16,18H2,1-2H3,(H,29,31). The molecule has 2 aromatic carbocycles. The minimum atomic E-state index is -0.155. The highest BCUT2D eigenvalue weighted by Crippen LogP contribution is 2.28. The Morgan fingerprint density at radius 3 is 2.84 bits per heavy atom. The van der Waals surface area contributed by atoms with E-state index in [9.17, 15) is 4.79 Å². The molecule has 1 aromatic heterocycles. The van der Waals surface area contributed by atoms with E-state index in [-0.39, 0.29) is 5.56 Å². The summed E-state index contributed by atoms with van der Waals surface area (Å²) in [5.41, 5.74) is 3.99. The summed E-state index contributed by atoms with van der Waals surface area (Å²) in [5.74, 6) is 0. The second-order valence-corrected chi connectivity index (χ2v) is 8.76. The lowest BCUT2D eigenvalue weighted by atomic mass is 10.0. The average Bonchev–Trinajstić information content (AvgIpc) is 2.83. The second kappa shape index (κ2) is 10.7. The monoisotopic (exact) mass is 434 g/mol. The Morgan fingerprint density at radius 1 is 1.16 bits per heavy atom. The van der Waals surface area contributed by atoms with Gasteiger partial charge in [0.15, 0.2) is 0 Å². The summed E-state index contributed by atoms with van der Waals surface area (Å²) in [6, 6.07) is 13.9. The van der Waals surface area contributed by atoms with Crippen molar-refractivity contribution in [3.8, 4) is 11.3 Å². The Bertz CT molecular complexity index is 1090. The number of aryl methyl sites for hydroxylation is 1. The summed E-state index contributed by atoms with van der Waals surface area (Å²) in [6.45, 7) is 6.52. The molecule has 6 nitrogen and oxygen atoms in total. The highest BCUT2D eigenvalue weighted by molar-refractivity contribution is 5.94. The largest absolute Gasteiger partial charge is 0.385 e. The molecular weight excluding hydrogens is 400 g/mol. The van der Waals surface area contributed by atoms with Crippen molar-refractivity contribution in [2.45, 2.75) is 45.1 Å². The third-order valence-corrected chi connectivity index (χ3v) is 6.47. The zero-order valence-electron chi connectivity index (χ0n) is 19.2. The Balaban J connectivity index is 1.32. The van der Waals surface area contributed by atoms with Crippen LogP contribution in [0.25, 0.3) is 22.0 Å². The van der Waals surface area contributed by atoms with Crippen LogP contribution in [-0.2, 0) is 4.74 Å². The lowest BCUT2D eigenvalue weighted by Gasteiger charge is -2.31. The van der Waals surface area contributed by atoms with Crippen molar-refractivity contribution in [3.05, 3.63) is 58.4 Å². The van der Waals surface area contributed by atoms with Gasteiger partial charge < -0.3 is 15.0 Å². The first-order valence-corrected chi connectivity index (χ1v) is 11.7. The van der Waals surface area contributed by atoms with Gasteiger partial charge in [-0.05, 0) is 63.4 Å². The van der Waals surface area contributed by atoms with E-state index >= 15 is 0 Å². The molecule has 3 aromatic rings. The zero-order chi connectivity index (χ0) is 22.3. The van der Waals surface area contributed by atoms with Crippen LogP contribution in [0.2, 0.25) is 0 Å². The van der Waals surface area contributed by atoms with E-state index in [4.69, 9.17) is 4.74 Å². The molecule has 0 bridgehead atoms. The van der Waals surface area contributed by atoms with Crippen LogP contribution < -0.4 is 10.9 Å². The van der Waals surface area contributed by atoms with Gasteiger partial charge in [0.1, 0.15) is 0 Å². The fraction of sp³-hybridized carbons (Fsp3) is 0.462. The van der Waals surface area contributed by atoms with Crippen LogP contribution in [0.5, 0.6) is 0 Å². The number of H-pyrrole nitrogens is 1. The first-order valence-electron chi connectivity index (χ1n) is 11.7. The maximum atomic E-state index is 12.1. The minimum absolute atomic E-state index is 0.155. The molecule has 0 radical (unpaired) electrons. The fourth-order valence-corrected chi connectivity index (χ4v) is 4.56. The summed E-state index contributed by atoms with van der Waals surface area (Å²) < 4.78 is 5.52. The Hall–Kier alpha value is -2.70. The number of ether oxygens (including phenoxy) is 1. The van der Waals surface area contributed by atoms with Gasteiger partial charge in [-0.2, -0.15) is 5.10 Å². The van der Waals surface area contributed by atoms with Crippen molar-refractivity contribution >= 4 is 16.5 Å². The van der Waals surface area contributed by atoms with E-state index in [2.05, 4.69) is 45.5 Å². The van der Waals surface area contributed by atoms with E-state index in [1.54, 1.807) is 0 Å². The molecule has 2 N–H and O–H groups in total. The summed E-state index contributed by atoms with van der Waals surface area (Å²) >= 11 is 0. The first-order chi connectivity index (χ1) is 15.7. The maximum Gasteiger partial charge on any atom is 0.272 e. The third kappa shape index (κ3) is 5.37. The van der Waals surface area contributed by atoms with Crippen molar-refractivity contribution in [3.63, 3.8) is 0 Å². The first kappa shape index (κ1) is 22.5. The van der Waals surface area contributed by atoms with Crippen LogP contribution in [0.4, 0.5) is 5.69 Å². The summed E-state index contributed by atoms with van der Waals surface area (Å²) in [5, 5.41) is 12.1. The second-order valence-electron chi connectivity index (χ2n) is 8.76. The van der Waals surface area contributed by atoms with Gasteiger partial charge in [0.25, 0.3) is 5.56 Å². The molecule has 4 rings (SSSR count). The predicted octanol–water partition coefficient (Wildman–Crippen LogP) is 4.59. The number of hydrogen-bond donors (Lipinski definition) is 2. The van der Waals surface area contributed by atoms with Crippen LogP contribution in [0.15, 0.2) is 47.3 Å². The fourth-order valence-electron chi connectivity index (χ4n) is 4.56. The maximum absolute atomic E-state index is 12.1. The Kier molecular flexibility index (Phi) is 7.55. The van der Waals surface area contributed by atoms with Crippen LogP contribution in [0.3, 0.4) is 0 Å². The molecule has 1 aliphatic rings. The molecule has 1 unspecified atom stereocenters. The van der Waals surface area contributed by atoms with Gasteiger partial charge in [-0.25, -0.2) is 5.10 Å². The number of piperidine rings is 1. The van der Waals surface area contributed by atoms with E-state index in [0.717, 1.165) is 41.8 Å². The summed E-state index contributed by atoms with van der Waals surface area (Å²) in [4.78, 5) is 14.6. The number of benzene rings is 2. The number of nitrogens with zero attached hydrogens (tertiary/aromatic N) is 2. The topological polar surface area (TPSA) is 70.2 Å². The van der Waals surface area contributed by atoms with Crippen LogP contribution in [0, 0.1) is 6.92 Å². The number of likely N-dealkylation sites (tertiary alicyclic amines) is 1. The molecule has 1 atom stereocenters. The number of anilines is 1. The molecule has 0 aliphatic carbocycles. The molecule has 32 heavy (non-hydrogen) atoms. The van der Waals surface area contributed by atoms with Crippen LogP contribution in [0.1, 0.15) is 37.7 Å². The summed E-state index contributed by atoms with van der Waals surface area (Å²) in [7, 11) is 1.83. The van der Waals surface area contributed by atoms with Gasteiger partial charge in [0, 0.05) is 36.8 Å². The number of aromatic amines is 1. The molecule has 0 saturated carbocycles. The predicted molar refractivity (Wildman–Crippen MR) is 131 cm³/mol. The van der Waals surface area contributed by atoms with E-state index < -0.39 is 0 Å². The molecule has 170 valence electrons. The summed E-state index contributed by atoms with van der Waals surface area (Å²) in [6.07, 6.45) is 6.44. The number of aromatic nitrogens is 2. The average molecular weight is 435 g/mol. The van der Waals surface area contributed by atoms with Crippen molar-refractivity contribution in [1.29, 1.82) is 0 Å². The normalized spacial score (nSPS) is 17.0. The smallest absolute Gasteiger partial charge is 0.272 e. The van der Waals surface area contributed by atoms with Gasteiger partial charge in [-0.1, -0.05) is 36.8 Å². The van der Waals surface area contributed by atoms with Gasteiger partial charge in [0.2, 0.25) is 0 Å². The van der Waals surface area contributed by atoms with Crippen molar-refractivity contribution in [1.82, 2.24) is 15.1 Å². The Morgan fingerprint density at radius 2 is 2.00 bits per heavy atom. The van der Waals surface area contributed by atoms with Crippen molar-refractivity contribution in [2.24, 2.45) is 0 Å². The number of methoxy groups -OCH3 is 1.